The number of nitrogens with one attached hydrogen (secondary N) is 2. The first-order chi connectivity index (χ1) is 14.0. The van der Waals surface area contributed by atoms with Crippen molar-refractivity contribution in [2.45, 2.75) is 6.42 Å². The number of urea groups is 1. The van der Waals surface area contributed by atoms with E-state index in [1.807, 2.05) is 18.2 Å². The van der Waals surface area contributed by atoms with Crippen LogP contribution in [0.1, 0.15) is 6.42 Å². The summed E-state index contributed by atoms with van der Waals surface area (Å²) >= 11 is 6.07. The summed E-state index contributed by atoms with van der Waals surface area (Å²) in [6.07, 6.45) is 0.807. The van der Waals surface area contributed by atoms with Crippen LogP contribution in [0, 0.1) is 10.1 Å². The smallest absolute Gasteiger partial charge is 0.319 e. The van der Waals surface area contributed by atoms with Gasteiger partial charge in [-0.25, -0.2) is 4.79 Å². The predicted octanol–water partition coefficient (Wildman–Crippen LogP) is 3.58. The Morgan fingerprint density at radius 3 is 2.59 bits per heavy atom. The first-order valence-corrected chi connectivity index (χ1v) is 9.92. The molecule has 0 radical (unpaired) electrons. The Balaban J connectivity index is 1.35. The van der Waals surface area contributed by atoms with Crippen molar-refractivity contribution in [1.82, 2.24) is 10.2 Å². The Labute approximate surface area is 174 Å². The fraction of sp³-hybridized carbons (Fsp3) is 0.350. The molecule has 0 atom stereocenters. The van der Waals surface area contributed by atoms with E-state index in [2.05, 4.69) is 26.5 Å². The summed E-state index contributed by atoms with van der Waals surface area (Å²) in [5, 5.41) is 17.0. The highest BCUT2D eigenvalue weighted by molar-refractivity contribution is 6.30. The van der Waals surface area contributed by atoms with E-state index in [1.165, 1.54) is 12.1 Å². The predicted molar refractivity (Wildman–Crippen MR) is 115 cm³/mol. The fourth-order valence-electron chi connectivity index (χ4n) is 3.31. The van der Waals surface area contributed by atoms with E-state index in [9.17, 15) is 14.9 Å². The van der Waals surface area contributed by atoms with Crippen molar-refractivity contribution in [3.8, 4) is 0 Å². The van der Waals surface area contributed by atoms with Crippen molar-refractivity contribution >= 4 is 34.7 Å². The summed E-state index contributed by atoms with van der Waals surface area (Å²) in [6, 6.07) is 13.5. The lowest BCUT2D eigenvalue weighted by atomic mass is 10.2. The number of benzene rings is 2. The molecule has 0 unspecified atom stereocenters. The number of para-hydroxylation sites is 2. The van der Waals surface area contributed by atoms with E-state index in [-0.39, 0.29) is 11.4 Å². The van der Waals surface area contributed by atoms with Gasteiger partial charge in [0.05, 0.1) is 4.92 Å². The number of nitro benzene ring substituents is 1. The highest BCUT2D eigenvalue weighted by atomic mass is 35.5. The van der Waals surface area contributed by atoms with Crippen LogP contribution in [0.4, 0.5) is 21.9 Å². The molecule has 9 heteroatoms. The molecule has 2 aromatic rings. The molecule has 29 heavy (non-hydrogen) atoms. The summed E-state index contributed by atoms with van der Waals surface area (Å²) in [6.45, 7) is 5.16. The number of nitro groups is 1. The number of hydrogen-bond donors (Lipinski definition) is 2. The zero-order valence-electron chi connectivity index (χ0n) is 16.0. The van der Waals surface area contributed by atoms with Crippen molar-refractivity contribution in [3.05, 3.63) is 63.7 Å². The van der Waals surface area contributed by atoms with E-state index < -0.39 is 11.0 Å². The molecule has 0 saturated carbocycles. The minimum Gasteiger partial charge on any atom is -0.369 e. The molecular weight excluding hydrogens is 394 g/mol. The van der Waals surface area contributed by atoms with Crippen molar-refractivity contribution in [1.29, 1.82) is 0 Å². The molecule has 8 nitrogen and oxygen atoms in total. The van der Waals surface area contributed by atoms with Crippen LogP contribution in [0.2, 0.25) is 5.02 Å². The normalized spacial score (nSPS) is 14.4. The lowest BCUT2D eigenvalue weighted by Crippen LogP contribution is -2.47. The molecule has 1 aliphatic rings. The first-order valence-electron chi connectivity index (χ1n) is 9.54. The third-order valence-electron chi connectivity index (χ3n) is 4.83. The number of anilines is 2. The van der Waals surface area contributed by atoms with Gasteiger partial charge in [-0.3, -0.25) is 15.0 Å². The van der Waals surface area contributed by atoms with E-state index in [4.69, 9.17) is 11.6 Å². The van der Waals surface area contributed by atoms with Crippen LogP contribution in [0.5, 0.6) is 0 Å². The minimum atomic E-state index is -0.515. The monoisotopic (exact) mass is 417 g/mol. The lowest BCUT2D eigenvalue weighted by molar-refractivity contribution is -0.383. The molecule has 2 N–H and O–H groups in total. The molecule has 1 aliphatic heterocycles. The first kappa shape index (κ1) is 20.9. The fourth-order valence-corrected chi connectivity index (χ4v) is 3.50. The maximum Gasteiger partial charge on any atom is 0.319 e. The highest BCUT2D eigenvalue weighted by Gasteiger charge is 2.17. The average Bonchev–Trinajstić information content (AvgIpc) is 2.72. The molecule has 1 heterocycles. The number of rotatable bonds is 7. The SMILES string of the molecule is O=C(NCCCN1CCN(c2cccc(Cl)c2)CC1)Nc1ccccc1[N+](=O)[O-]. The van der Waals surface area contributed by atoms with Gasteiger partial charge in [0.25, 0.3) is 5.69 Å². The molecular formula is C20H24ClN5O3. The zero-order chi connectivity index (χ0) is 20.6. The Morgan fingerprint density at radius 2 is 1.86 bits per heavy atom. The van der Waals surface area contributed by atoms with Crippen molar-refractivity contribution in [3.63, 3.8) is 0 Å². The molecule has 0 aliphatic carbocycles. The van der Waals surface area contributed by atoms with E-state index in [0.29, 0.717) is 6.54 Å². The highest BCUT2D eigenvalue weighted by Crippen LogP contribution is 2.23. The number of piperazine rings is 1. The molecule has 1 fully saturated rings. The van der Waals surface area contributed by atoms with Gasteiger partial charge in [-0.1, -0.05) is 29.8 Å². The van der Waals surface area contributed by atoms with Gasteiger partial charge in [0, 0.05) is 49.5 Å². The lowest BCUT2D eigenvalue weighted by Gasteiger charge is -2.36. The van der Waals surface area contributed by atoms with Crippen LogP contribution >= 0.6 is 11.6 Å². The van der Waals surface area contributed by atoms with Crippen LogP contribution in [-0.2, 0) is 0 Å². The molecule has 1 saturated heterocycles. The third kappa shape index (κ3) is 6.07. The average molecular weight is 418 g/mol. The number of hydrogen-bond acceptors (Lipinski definition) is 5. The number of carbonyl (C=O) groups is 1. The zero-order valence-corrected chi connectivity index (χ0v) is 16.8. The van der Waals surface area contributed by atoms with Gasteiger partial charge in [0.15, 0.2) is 0 Å². The maximum atomic E-state index is 12.0. The van der Waals surface area contributed by atoms with Gasteiger partial charge in [-0.15, -0.1) is 0 Å². The van der Waals surface area contributed by atoms with E-state index >= 15 is 0 Å². The molecule has 0 aromatic heterocycles. The molecule has 3 rings (SSSR count). The maximum absolute atomic E-state index is 12.0. The number of carbonyl (C=O) groups excluding carboxylic acids is 1. The second-order valence-electron chi connectivity index (χ2n) is 6.82. The Bertz CT molecular complexity index is 856. The molecule has 0 bridgehead atoms. The van der Waals surface area contributed by atoms with Gasteiger partial charge in [0.2, 0.25) is 0 Å². The minimum absolute atomic E-state index is 0.125. The van der Waals surface area contributed by atoms with Crippen LogP contribution in [0.3, 0.4) is 0 Å². The van der Waals surface area contributed by atoms with E-state index in [1.54, 1.807) is 12.1 Å². The third-order valence-corrected chi connectivity index (χ3v) is 5.07. The summed E-state index contributed by atoms with van der Waals surface area (Å²) < 4.78 is 0. The van der Waals surface area contributed by atoms with Crippen LogP contribution in [-0.4, -0.2) is 55.1 Å². The van der Waals surface area contributed by atoms with Crippen molar-refractivity contribution in [2.24, 2.45) is 0 Å². The number of halogens is 1. The van der Waals surface area contributed by atoms with E-state index in [0.717, 1.165) is 49.9 Å². The topological polar surface area (TPSA) is 90.8 Å². The molecule has 2 amide bonds. The summed E-state index contributed by atoms with van der Waals surface area (Å²) in [7, 11) is 0. The molecule has 154 valence electrons. The van der Waals surface area contributed by atoms with Crippen LogP contribution < -0.4 is 15.5 Å². The van der Waals surface area contributed by atoms with Crippen molar-refractivity contribution in [2.75, 3.05) is 49.5 Å². The molecule has 2 aromatic carbocycles. The number of amides is 2. The summed E-state index contributed by atoms with van der Waals surface area (Å²) in [4.78, 5) is 27.1. The van der Waals surface area contributed by atoms with Gasteiger partial charge in [-0.2, -0.15) is 0 Å². The summed E-state index contributed by atoms with van der Waals surface area (Å²) in [5.41, 5.74) is 1.21. The van der Waals surface area contributed by atoms with Gasteiger partial charge < -0.3 is 15.5 Å². The standard InChI is InChI=1S/C20H24ClN5O3/c21-16-5-3-6-17(15-16)25-13-11-24(12-14-25)10-4-9-22-20(27)23-18-7-1-2-8-19(18)26(28)29/h1-3,5-8,15H,4,9-14H2,(H2,22,23,27). The van der Waals surface area contributed by atoms with Gasteiger partial charge >= 0.3 is 6.03 Å². The largest absolute Gasteiger partial charge is 0.369 e. The van der Waals surface area contributed by atoms with Gasteiger partial charge in [0.1, 0.15) is 5.69 Å². The quantitative estimate of drug-likeness (QED) is 0.408. The van der Waals surface area contributed by atoms with Crippen LogP contribution in [0.15, 0.2) is 48.5 Å². The summed E-state index contributed by atoms with van der Waals surface area (Å²) in [5.74, 6) is 0. The van der Waals surface area contributed by atoms with Crippen molar-refractivity contribution < 1.29 is 9.72 Å². The number of nitrogens with zero attached hydrogens (tertiary/aromatic N) is 3. The second kappa shape index (κ2) is 10.1. The Morgan fingerprint density at radius 1 is 1.10 bits per heavy atom. The second-order valence-corrected chi connectivity index (χ2v) is 7.25. The molecule has 0 spiro atoms. The van der Waals surface area contributed by atoms with Gasteiger partial charge in [-0.05, 0) is 37.2 Å². The van der Waals surface area contributed by atoms with Crippen LogP contribution in [0.25, 0.3) is 0 Å². The Kier molecular flexibility index (Phi) is 7.26. The Hall–Kier alpha value is -2.84.